The highest BCUT2D eigenvalue weighted by atomic mass is 35.5. The molecule has 0 fully saturated rings. The van der Waals surface area contributed by atoms with E-state index >= 15 is 0 Å². The van der Waals surface area contributed by atoms with Gasteiger partial charge in [-0.2, -0.15) is 10.2 Å². The van der Waals surface area contributed by atoms with Crippen LogP contribution >= 0.6 is 11.6 Å². The third kappa shape index (κ3) is 3.14. The summed E-state index contributed by atoms with van der Waals surface area (Å²) in [6, 6.07) is 6.57. The highest BCUT2D eigenvalue weighted by Gasteiger charge is 2.17. The molecule has 106 valence electrons. The molecule has 1 N–H and O–H groups in total. The van der Waals surface area contributed by atoms with Crippen molar-refractivity contribution < 1.29 is 9.50 Å². The van der Waals surface area contributed by atoms with Crippen LogP contribution in [-0.4, -0.2) is 15.3 Å². The number of aliphatic hydroxyl groups is 1. The van der Waals surface area contributed by atoms with E-state index in [-0.39, 0.29) is 11.4 Å². The molecule has 0 bridgehead atoms. The maximum absolute atomic E-state index is 13.9. The van der Waals surface area contributed by atoms with Gasteiger partial charge in [0.2, 0.25) is 0 Å². The summed E-state index contributed by atoms with van der Waals surface area (Å²) in [4.78, 5) is 0. The quantitative estimate of drug-likeness (QED) is 0.940. The number of aryl methyl sites for hydroxylation is 2. The van der Waals surface area contributed by atoms with Gasteiger partial charge in [0.1, 0.15) is 5.82 Å². The minimum absolute atomic E-state index is 0.0643. The number of nitrogens with zero attached hydrogens (tertiary/aromatic N) is 2. The van der Waals surface area contributed by atoms with Crippen molar-refractivity contribution in [2.24, 2.45) is 0 Å². The largest absolute Gasteiger partial charge is 0.388 e. The first-order valence-corrected chi connectivity index (χ1v) is 6.84. The predicted molar refractivity (Wildman–Crippen MR) is 76.2 cm³/mol. The molecule has 0 saturated heterocycles. The van der Waals surface area contributed by atoms with Crippen molar-refractivity contribution in [3.8, 4) is 0 Å². The lowest BCUT2D eigenvalue weighted by molar-refractivity contribution is 0.175. The summed E-state index contributed by atoms with van der Waals surface area (Å²) < 4.78 is 13.9. The third-order valence-corrected chi connectivity index (χ3v) is 3.46. The Labute approximate surface area is 122 Å². The summed E-state index contributed by atoms with van der Waals surface area (Å²) in [7, 11) is 0. The number of hydrogen-bond donors (Lipinski definition) is 1. The number of aromatic nitrogens is 2. The van der Waals surface area contributed by atoms with Gasteiger partial charge in [0.05, 0.1) is 22.5 Å². The second-order valence-corrected chi connectivity index (χ2v) is 5.08. The summed E-state index contributed by atoms with van der Waals surface area (Å²) in [5.41, 5.74) is 2.54. The summed E-state index contributed by atoms with van der Waals surface area (Å²) >= 11 is 5.75. The lowest BCUT2D eigenvalue weighted by Crippen LogP contribution is -2.09. The number of benzene rings is 1. The minimum Gasteiger partial charge on any atom is -0.388 e. The first-order valence-electron chi connectivity index (χ1n) is 6.47. The normalized spacial score (nSPS) is 12.4. The number of hydrogen-bond acceptors (Lipinski definition) is 3. The molecule has 5 heteroatoms. The molecule has 2 rings (SSSR count). The van der Waals surface area contributed by atoms with Gasteiger partial charge in [-0.3, -0.25) is 0 Å². The SMILES string of the molecule is CCc1nnc(C)cc1C(O)Cc1cccc(Cl)c1F. The van der Waals surface area contributed by atoms with E-state index in [0.29, 0.717) is 17.5 Å². The van der Waals surface area contributed by atoms with Gasteiger partial charge in [-0.1, -0.05) is 30.7 Å². The fourth-order valence-electron chi connectivity index (χ4n) is 2.12. The van der Waals surface area contributed by atoms with Gasteiger partial charge in [0, 0.05) is 12.0 Å². The van der Waals surface area contributed by atoms with Crippen LogP contribution in [0.15, 0.2) is 24.3 Å². The molecule has 0 radical (unpaired) electrons. The van der Waals surface area contributed by atoms with Crippen LogP contribution < -0.4 is 0 Å². The van der Waals surface area contributed by atoms with Gasteiger partial charge in [0.25, 0.3) is 0 Å². The average molecular weight is 295 g/mol. The van der Waals surface area contributed by atoms with Crippen molar-refractivity contribution in [2.45, 2.75) is 32.8 Å². The average Bonchev–Trinajstić information content (AvgIpc) is 2.43. The van der Waals surface area contributed by atoms with Crippen LogP contribution in [0.25, 0.3) is 0 Å². The number of aliphatic hydroxyl groups excluding tert-OH is 1. The van der Waals surface area contributed by atoms with Crippen molar-refractivity contribution >= 4 is 11.6 Å². The smallest absolute Gasteiger partial charge is 0.145 e. The van der Waals surface area contributed by atoms with Crippen LogP contribution in [-0.2, 0) is 12.8 Å². The van der Waals surface area contributed by atoms with E-state index in [9.17, 15) is 9.50 Å². The van der Waals surface area contributed by atoms with E-state index in [0.717, 1.165) is 11.4 Å². The van der Waals surface area contributed by atoms with Crippen LogP contribution in [0.2, 0.25) is 5.02 Å². The Kier molecular flexibility index (Phi) is 4.68. The fourth-order valence-corrected chi connectivity index (χ4v) is 2.32. The van der Waals surface area contributed by atoms with Gasteiger partial charge in [0.15, 0.2) is 0 Å². The number of rotatable bonds is 4. The maximum atomic E-state index is 13.9. The van der Waals surface area contributed by atoms with Gasteiger partial charge in [-0.15, -0.1) is 0 Å². The van der Waals surface area contributed by atoms with Gasteiger partial charge < -0.3 is 5.11 Å². The molecule has 1 aromatic carbocycles. The van der Waals surface area contributed by atoms with Crippen molar-refractivity contribution in [1.82, 2.24) is 10.2 Å². The Bertz CT molecular complexity index is 619. The van der Waals surface area contributed by atoms with E-state index in [4.69, 9.17) is 11.6 Å². The highest BCUT2D eigenvalue weighted by Crippen LogP contribution is 2.25. The number of halogens is 2. The van der Waals surface area contributed by atoms with E-state index < -0.39 is 11.9 Å². The lowest BCUT2D eigenvalue weighted by atomic mass is 9.99. The molecule has 0 aliphatic heterocycles. The predicted octanol–water partition coefficient (Wildman–Crippen LogP) is 3.42. The zero-order chi connectivity index (χ0) is 14.7. The molecule has 0 aliphatic carbocycles. The molecular formula is C15H16ClFN2O. The molecule has 20 heavy (non-hydrogen) atoms. The molecule has 0 aliphatic rings. The van der Waals surface area contributed by atoms with Crippen LogP contribution in [0.4, 0.5) is 4.39 Å². The lowest BCUT2D eigenvalue weighted by Gasteiger charge is -2.15. The van der Waals surface area contributed by atoms with Crippen molar-refractivity contribution in [1.29, 1.82) is 0 Å². The summed E-state index contributed by atoms with van der Waals surface area (Å²) in [6.07, 6.45) is -0.00509. The molecule has 1 atom stereocenters. The van der Waals surface area contributed by atoms with Gasteiger partial charge in [-0.05, 0) is 31.0 Å². The van der Waals surface area contributed by atoms with E-state index in [1.807, 2.05) is 13.8 Å². The first kappa shape index (κ1) is 14.9. The van der Waals surface area contributed by atoms with E-state index in [1.54, 1.807) is 18.2 Å². The summed E-state index contributed by atoms with van der Waals surface area (Å²) in [6.45, 7) is 3.75. The van der Waals surface area contributed by atoms with E-state index in [1.165, 1.54) is 6.07 Å². The van der Waals surface area contributed by atoms with Crippen molar-refractivity contribution in [2.75, 3.05) is 0 Å². The molecule has 0 saturated carbocycles. The van der Waals surface area contributed by atoms with E-state index in [2.05, 4.69) is 10.2 Å². The minimum atomic E-state index is -0.827. The molecule has 3 nitrogen and oxygen atoms in total. The Balaban J connectivity index is 2.30. The molecule has 1 aromatic heterocycles. The molecule has 2 aromatic rings. The summed E-state index contributed by atoms with van der Waals surface area (Å²) in [5, 5.41) is 18.5. The van der Waals surface area contributed by atoms with Crippen LogP contribution in [0, 0.1) is 12.7 Å². The Hall–Kier alpha value is -1.52. The topological polar surface area (TPSA) is 46.0 Å². The highest BCUT2D eigenvalue weighted by molar-refractivity contribution is 6.30. The summed E-state index contributed by atoms with van der Waals surface area (Å²) in [5.74, 6) is -0.481. The zero-order valence-electron chi connectivity index (χ0n) is 11.4. The first-order chi connectivity index (χ1) is 9.52. The maximum Gasteiger partial charge on any atom is 0.145 e. The molecular weight excluding hydrogens is 279 g/mol. The van der Waals surface area contributed by atoms with Gasteiger partial charge >= 0.3 is 0 Å². The second kappa shape index (κ2) is 6.29. The third-order valence-electron chi connectivity index (χ3n) is 3.16. The Morgan fingerprint density at radius 3 is 2.80 bits per heavy atom. The molecule has 1 unspecified atom stereocenters. The van der Waals surface area contributed by atoms with Crippen LogP contribution in [0.5, 0.6) is 0 Å². The molecule has 1 heterocycles. The van der Waals surface area contributed by atoms with Crippen molar-refractivity contribution in [3.05, 3.63) is 57.6 Å². The molecule has 0 spiro atoms. The zero-order valence-corrected chi connectivity index (χ0v) is 12.2. The Morgan fingerprint density at radius 2 is 2.10 bits per heavy atom. The van der Waals surface area contributed by atoms with Gasteiger partial charge in [-0.25, -0.2) is 4.39 Å². The Morgan fingerprint density at radius 1 is 1.35 bits per heavy atom. The van der Waals surface area contributed by atoms with Crippen molar-refractivity contribution in [3.63, 3.8) is 0 Å². The standard InChI is InChI=1S/C15H16ClFN2O/c1-3-13-11(7-9(2)18-19-13)14(20)8-10-5-4-6-12(16)15(10)17/h4-7,14,20H,3,8H2,1-2H3. The second-order valence-electron chi connectivity index (χ2n) is 4.67. The fraction of sp³-hybridized carbons (Fsp3) is 0.333. The van der Waals surface area contributed by atoms with Crippen LogP contribution in [0.1, 0.15) is 35.5 Å². The van der Waals surface area contributed by atoms with Crippen LogP contribution in [0.3, 0.4) is 0 Å². The molecule has 0 amide bonds. The monoisotopic (exact) mass is 294 g/mol.